The molecule has 1 aliphatic rings. The number of hydrogen-bond donors (Lipinski definition) is 1. The minimum absolute atomic E-state index is 0.0660. The molecule has 0 atom stereocenters. The Labute approximate surface area is 180 Å². The van der Waals surface area contributed by atoms with E-state index < -0.39 is 0 Å². The third-order valence-corrected chi connectivity index (χ3v) is 5.81. The van der Waals surface area contributed by atoms with Crippen molar-refractivity contribution in [3.8, 4) is 16.8 Å². The second-order valence-electron chi connectivity index (χ2n) is 7.93. The van der Waals surface area contributed by atoms with E-state index in [9.17, 15) is 4.79 Å². The van der Waals surface area contributed by atoms with Gasteiger partial charge in [-0.05, 0) is 62.6 Å². The van der Waals surface area contributed by atoms with E-state index in [1.165, 1.54) is 0 Å². The molecule has 2 aromatic heterocycles. The van der Waals surface area contributed by atoms with E-state index >= 15 is 0 Å². The van der Waals surface area contributed by atoms with Crippen LogP contribution >= 0.6 is 0 Å². The first-order valence-electron chi connectivity index (χ1n) is 10.5. The van der Waals surface area contributed by atoms with Gasteiger partial charge < -0.3 is 14.6 Å². The smallest absolute Gasteiger partial charge is 0.251 e. The van der Waals surface area contributed by atoms with E-state index in [0.29, 0.717) is 18.8 Å². The van der Waals surface area contributed by atoms with Crippen molar-refractivity contribution in [2.75, 3.05) is 13.2 Å². The summed E-state index contributed by atoms with van der Waals surface area (Å²) in [5, 5.41) is 7.17. The molecule has 5 rings (SSSR count). The summed E-state index contributed by atoms with van der Waals surface area (Å²) < 4.78 is 12.7. The number of carbonyl (C=O) groups excluding carboxylic acids is 1. The Hall–Kier alpha value is -3.45. The number of imidazole rings is 1. The van der Waals surface area contributed by atoms with Crippen LogP contribution in [0.1, 0.15) is 34.7 Å². The summed E-state index contributed by atoms with van der Waals surface area (Å²) in [6.07, 6.45) is 3.49. The molecule has 0 saturated carbocycles. The first-order chi connectivity index (χ1) is 15.1. The monoisotopic (exact) mass is 416 g/mol. The fourth-order valence-electron chi connectivity index (χ4n) is 4.18. The molecule has 158 valence electrons. The van der Waals surface area contributed by atoms with Gasteiger partial charge >= 0.3 is 0 Å². The maximum atomic E-state index is 12.7. The molecule has 0 spiro atoms. The maximum Gasteiger partial charge on any atom is 0.251 e. The molecule has 3 heterocycles. The SMILES string of the molecule is Cc1noc(C)c1-c1cccc(-n2cnc3cc(C(=O)NC4CCOCC4)ccc32)c1. The quantitative estimate of drug-likeness (QED) is 0.539. The van der Waals surface area contributed by atoms with Crippen molar-refractivity contribution in [3.05, 3.63) is 65.8 Å². The van der Waals surface area contributed by atoms with Gasteiger partial charge in [0.25, 0.3) is 5.91 Å². The van der Waals surface area contributed by atoms with Crippen molar-refractivity contribution in [2.24, 2.45) is 0 Å². The molecular formula is C24H24N4O3. The highest BCUT2D eigenvalue weighted by atomic mass is 16.5. The molecule has 0 radical (unpaired) electrons. The van der Waals surface area contributed by atoms with Crippen molar-refractivity contribution in [1.29, 1.82) is 0 Å². The van der Waals surface area contributed by atoms with Gasteiger partial charge in [-0.3, -0.25) is 9.36 Å². The minimum Gasteiger partial charge on any atom is -0.381 e. The number of aromatic nitrogens is 3. The molecule has 7 heteroatoms. The van der Waals surface area contributed by atoms with Crippen LogP contribution in [-0.2, 0) is 4.74 Å². The van der Waals surface area contributed by atoms with Crippen LogP contribution < -0.4 is 5.32 Å². The van der Waals surface area contributed by atoms with Gasteiger partial charge in [-0.1, -0.05) is 17.3 Å². The topological polar surface area (TPSA) is 82.2 Å². The summed E-state index contributed by atoms with van der Waals surface area (Å²) in [5.74, 6) is 0.731. The van der Waals surface area contributed by atoms with Crippen LogP contribution in [0, 0.1) is 13.8 Å². The van der Waals surface area contributed by atoms with Crippen LogP contribution in [0.3, 0.4) is 0 Å². The molecule has 1 fully saturated rings. The van der Waals surface area contributed by atoms with Crippen molar-refractivity contribution < 1.29 is 14.1 Å². The highest BCUT2D eigenvalue weighted by Gasteiger charge is 2.18. The number of rotatable bonds is 4. The molecule has 0 bridgehead atoms. The number of hydrogen-bond acceptors (Lipinski definition) is 5. The first-order valence-corrected chi connectivity index (χ1v) is 10.5. The van der Waals surface area contributed by atoms with Gasteiger partial charge in [0.1, 0.15) is 12.1 Å². The third-order valence-electron chi connectivity index (χ3n) is 5.81. The van der Waals surface area contributed by atoms with Gasteiger partial charge in [0.2, 0.25) is 0 Å². The summed E-state index contributed by atoms with van der Waals surface area (Å²) in [4.78, 5) is 17.2. The number of benzene rings is 2. The van der Waals surface area contributed by atoms with Gasteiger partial charge in [0.05, 0.1) is 16.7 Å². The summed E-state index contributed by atoms with van der Waals surface area (Å²) >= 11 is 0. The Morgan fingerprint density at radius 2 is 1.97 bits per heavy atom. The maximum absolute atomic E-state index is 12.7. The summed E-state index contributed by atoms with van der Waals surface area (Å²) in [7, 11) is 0. The average Bonchev–Trinajstić information content (AvgIpc) is 3.36. The van der Waals surface area contributed by atoms with Crippen molar-refractivity contribution in [2.45, 2.75) is 32.7 Å². The van der Waals surface area contributed by atoms with Crippen LogP contribution in [0.4, 0.5) is 0 Å². The third kappa shape index (κ3) is 3.72. The fourth-order valence-corrected chi connectivity index (χ4v) is 4.18. The zero-order valence-corrected chi connectivity index (χ0v) is 17.6. The molecule has 31 heavy (non-hydrogen) atoms. The summed E-state index contributed by atoms with van der Waals surface area (Å²) in [6, 6.07) is 14.0. The van der Waals surface area contributed by atoms with E-state index in [-0.39, 0.29) is 11.9 Å². The predicted octanol–water partition coefficient (Wildman–Crippen LogP) is 4.21. The lowest BCUT2D eigenvalue weighted by Gasteiger charge is -2.23. The van der Waals surface area contributed by atoms with Gasteiger partial charge in [-0.25, -0.2) is 4.98 Å². The summed E-state index contributed by atoms with van der Waals surface area (Å²) in [6.45, 7) is 5.25. The molecule has 1 amide bonds. The average molecular weight is 416 g/mol. The Morgan fingerprint density at radius 1 is 1.13 bits per heavy atom. The summed E-state index contributed by atoms with van der Waals surface area (Å²) in [5.41, 5.74) is 6.25. The van der Waals surface area contributed by atoms with Crippen molar-refractivity contribution in [3.63, 3.8) is 0 Å². The molecule has 1 saturated heterocycles. The zero-order valence-electron chi connectivity index (χ0n) is 17.6. The van der Waals surface area contributed by atoms with Gasteiger partial charge in [0.15, 0.2) is 0 Å². The molecule has 7 nitrogen and oxygen atoms in total. The molecule has 0 aliphatic carbocycles. The molecule has 1 aliphatic heterocycles. The number of ether oxygens (including phenoxy) is 1. The van der Waals surface area contributed by atoms with E-state index in [4.69, 9.17) is 9.26 Å². The Bertz CT molecular complexity index is 1230. The number of fused-ring (bicyclic) bond motifs is 1. The van der Waals surface area contributed by atoms with Crippen LogP contribution in [0.15, 0.2) is 53.3 Å². The number of nitrogens with zero attached hydrogens (tertiary/aromatic N) is 3. The highest BCUT2D eigenvalue weighted by Crippen LogP contribution is 2.29. The van der Waals surface area contributed by atoms with E-state index in [1.807, 2.05) is 54.8 Å². The normalized spacial score (nSPS) is 14.8. The Morgan fingerprint density at radius 3 is 2.74 bits per heavy atom. The predicted molar refractivity (Wildman–Crippen MR) is 117 cm³/mol. The van der Waals surface area contributed by atoms with E-state index in [1.54, 1.807) is 6.33 Å². The number of aryl methyl sites for hydroxylation is 2. The lowest BCUT2D eigenvalue weighted by atomic mass is 10.0. The van der Waals surface area contributed by atoms with E-state index in [0.717, 1.165) is 52.1 Å². The Balaban J connectivity index is 1.44. The zero-order chi connectivity index (χ0) is 21.4. The largest absolute Gasteiger partial charge is 0.381 e. The molecule has 4 aromatic rings. The standard InChI is InChI=1S/C24H24N4O3/c1-15-23(16(2)31-27-15)17-4-3-5-20(12-17)28-14-25-21-13-18(6-7-22(21)28)24(29)26-19-8-10-30-11-9-19/h3-7,12-14,19H,8-11H2,1-2H3,(H,26,29). The lowest BCUT2D eigenvalue weighted by Crippen LogP contribution is -2.38. The second kappa shape index (κ2) is 8.00. The number of carbonyl (C=O) groups is 1. The van der Waals surface area contributed by atoms with E-state index in [2.05, 4.69) is 21.5 Å². The second-order valence-corrected chi connectivity index (χ2v) is 7.93. The molecular weight excluding hydrogens is 392 g/mol. The minimum atomic E-state index is -0.0660. The van der Waals surface area contributed by atoms with Gasteiger partial charge in [-0.15, -0.1) is 0 Å². The van der Waals surface area contributed by atoms with Crippen LogP contribution in [0.5, 0.6) is 0 Å². The molecule has 2 aromatic carbocycles. The lowest BCUT2D eigenvalue weighted by molar-refractivity contribution is 0.0696. The molecule has 0 unspecified atom stereocenters. The number of nitrogens with one attached hydrogen (secondary N) is 1. The fraction of sp³-hybridized carbons (Fsp3) is 0.292. The Kier molecular flexibility index (Phi) is 5.03. The highest BCUT2D eigenvalue weighted by molar-refractivity contribution is 5.97. The van der Waals surface area contributed by atoms with Gasteiger partial charge in [-0.2, -0.15) is 0 Å². The van der Waals surface area contributed by atoms with Crippen LogP contribution in [0.2, 0.25) is 0 Å². The van der Waals surface area contributed by atoms with Crippen molar-refractivity contribution in [1.82, 2.24) is 20.0 Å². The molecule has 1 N–H and O–H groups in total. The van der Waals surface area contributed by atoms with Crippen molar-refractivity contribution >= 4 is 16.9 Å². The number of amides is 1. The van der Waals surface area contributed by atoms with Crippen LogP contribution in [0.25, 0.3) is 27.8 Å². The van der Waals surface area contributed by atoms with Crippen LogP contribution in [-0.4, -0.2) is 39.9 Å². The first kappa shape index (κ1) is 19.5. The van der Waals surface area contributed by atoms with Gasteiger partial charge in [0, 0.05) is 36.1 Å².